The van der Waals surface area contributed by atoms with Gasteiger partial charge in [0, 0.05) is 24.5 Å². The first-order valence-corrected chi connectivity index (χ1v) is 9.39. The van der Waals surface area contributed by atoms with E-state index in [2.05, 4.69) is 10.4 Å². The standard InChI is InChI=1S/C16H19N3O3S/c20-16(17-10-14-6-9-23(21,22)12-14)15-4-2-13(3-5-15)11-19-8-1-7-18-19/h1-5,7-8,14H,6,9-12H2,(H,17,20). The summed E-state index contributed by atoms with van der Waals surface area (Å²) in [6.07, 6.45) is 4.24. The van der Waals surface area contributed by atoms with Crippen molar-refractivity contribution in [3.8, 4) is 0 Å². The maximum atomic E-state index is 12.1. The minimum absolute atomic E-state index is 0.0306. The molecule has 23 heavy (non-hydrogen) atoms. The molecule has 0 bridgehead atoms. The van der Waals surface area contributed by atoms with Crippen LogP contribution in [0.2, 0.25) is 0 Å². The number of benzene rings is 1. The van der Waals surface area contributed by atoms with Gasteiger partial charge in [-0.15, -0.1) is 0 Å². The first kappa shape index (κ1) is 15.7. The Balaban J connectivity index is 1.53. The molecule has 0 radical (unpaired) electrons. The zero-order valence-electron chi connectivity index (χ0n) is 12.7. The molecule has 0 spiro atoms. The van der Waals surface area contributed by atoms with Crippen LogP contribution in [0.4, 0.5) is 0 Å². The van der Waals surface area contributed by atoms with Gasteiger partial charge in [0.2, 0.25) is 0 Å². The number of nitrogens with one attached hydrogen (secondary N) is 1. The molecule has 1 fully saturated rings. The number of aromatic nitrogens is 2. The number of hydrogen-bond acceptors (Lipinski definition) is 4. The molecule has 2 heterocycles. The number of nitrogens with zero attached hydrogens (tertiary/aromatic N) is 2. The van der Waals surface area contributed by atoms with Gasteiger partial charge in [0.1, 0.15) is 0 Å². The first-order chi connectivity index (χ1) is 11.0. The molecule has 2 aromatic rings. The number of carbonyl (C=O) groups excluding carboxylic acids is 1. The number of rotatable bonds is 5. The Hall–Kier alpha value is -2.15. The molecule has 1 aliphatic heterocycles. The average molecular weight is 333 g/mol. The lowest BCUT2D eigenvalue weighted by molar-refractivity contribution is 0.0948. The van der Waals surface area contributed by atoms with Crippen LogP contribution in [-0.4, -0.2) is 42.2 Å². The van der Waals surface area contributed by atoms with Crippen LogP contribution in [0, 0.1) is 5.92 Å². The largest absolute Gasteiger partial charge is 0.352 e. The van der Waals surface area contributed by atoms with Crippen molar-refractivity contribution in [1.29, 1.82) is 0 Å². The van der Waals surface area contributed by atoms with Gasteiger partial charge in [-0.05, 0) is 36.1 Å². The number of sulfone groups is 1. The van der Waals surface area contributed by atoms with E-state index in [4.69, 9.17) is 0 Å². The highest BCUT2D eigenvalue weighted by Gasteiger charge is 2.27. The van der Waals surface area contributed by atoms with Gasteiger partial charge in [0.15, 0.2) is 9.84 Å². The third-order valence-electron chi connectivity index (χ3n) is 4.00. The third kappa shape index (κ3) is 4.19. The van der Waals surface area contributed by atoms with E-state index in [-0.39, 0.29) is 23.3 Å². The maximum absolute atomic E-state index is 12.1. The van der Waals surface area contributed by atoms with Crippen LogP contribution in [0.3, 0.4) is 0 Å². The van der Waals surface area contributed by atoms with Crippen LogP contribution in [0.25, 0.3) is 0 Å². The molecule has 1 atom stereocenters. The SMILES string of the molecule is O=C(NCC1CCS(=O)(=O)C1)c1ccc(Cn2cccn2)cc1. The summed E-state index contributed by atoms with van der Waals surface area (Å²) in [7, 11) is -2.90. The Kier molecular flexibility index (Phi) is 4.47. The summed E-state index contributed by atoms with van der Waals surface area (Å²) in [5.74, 6) is 0.272. The van der Waals surface area contributed by atoms with E-state index in [9.17, 15) is 13.2 Å². The van der Waals surface area contributed by atoms with Crippen molar-refractivity contribution in [1.82, 2.24) is 15.1 Å². The molecule has 1 saturated heterocycles. The minimum atomic E-state index is -2.90. The Bertz CT molecular complexity index is 767. The fourth-order valence-electron chi connectivity index (χ4n) is 2.71. The predicted molar refractivity (Wildman–Crippen MR) is 86.9 cm³/mol. The van der Waals surface area contributed by atoms with Crippen molar-refractivity contribution in [2.75, 3.05) is 18.1 Å². The molecule has 0 saturated carbocycles. The van der Waals surface area contributed by atoms with Crippen LogP contribution in [-0.2, 0) is 16.4 Å². The number of carbonyl (C=O) groups is 1. The second-order valence-electron chi connectivity index (χ2n) is 5.88. The Labute approximate surface area is 135 Å². The van der Waals surface area contributed by atoms with Gasteiger partial charge in [-0.25, -0.2) is 8.42 Å². The average Bonchev–Trinajstić information content (AvgIpc) is 3.15. The van der Waals surface area contributed by atoms with E-state index in [0.29, 0.717) is 25.1 Å². The first-order valence-electron chi connectivity index (χ1n) is 7.57. The molecule has 6 nitrogen and oxygen atoms in total. The van der Waals surface area contributed by atoms with Crippen LogP contribution in [0.1, 0.15) is 22.3 Å². The summed E-state index contributed by atoms with van der Waals surface area (Å²) in [4.78, 5) is 12.1. The van der Waals surface area contributed by atoms with Crippen molar-refractivity contribution in [3.63, 3.8) is 0 Å². The lowest BCUT2D eigenvalue weighted by atomic mass is 10.1. The van der Waals surface area contributed by atoms with Gasteiger partial charge in [0.05, 0.1) is 18.1 Å². The van der Waals surface area contributed by atoms with Gasteiger partial charge in [-0.2, -0.15) is 5.10 Å². The van der Waals surface area contributed by atoms with Crippen molar-refractivity contribution < 1.29 is 13.2 Å². The Morgan fingerprint density at radius 2 is 2.09 bits per heavy atom. The summed E-state index contributed by atoms with van der Waals surface area (Å²) in [5.41, 5.74) is 1.64. The fourth-order valence-corrected chi connectivity index (χ4v) is 4.58. The van der Waals surface area contributed by atoms with Gasteiger partial charge < -0.3 is 5.32 Å². The quantitative estimate of drug-likeness (QED) is 0.888. The number of amides is 1. The third-order valence-corrected chi connectivity index (χ3v) is 5.83. The van der Waals surface area contributed by atoms with E-state index in [0.717, 1.165) is 5.56 Å². The van der Waals surface area contributed by atoms with E-state index in [1.165, 1.54) is 0 Å². The highest BCUT2D eigenvalue weighted by atomic mass is 32.2. The van der Waals surface area contributed by atoms with Crippen LogP contribution in [0.5, 0.6) is 0 Å². The Morgan fingerprint density at radius 3 is 2.70 bits per heavy atom. The summed E-state index contributed by atoms with van der Waals surface area (Å²) in [6, 6.07) is 9.22. The van der Waals surface area contributed by atoms with Crippen LogP contribution < -0.4 is 5.32 Å². The molecule has 1 amide bonds. The fraction of sp³-hybridized carbons (Fsp3) is 0.375. The van der Waals surface area contributed by atoms with Crippen molar-refractivity contribution in [2.24, 2.45) is 5.92 Å². The molecule has 1 aromatic carbocycles. The monoisotopic (exact) mass is 333 g/mol. The van der Waals surface area contributed by atoms with E-state index >= 15 is 0 Å². The highest BCUT2D eigenvalue weighted by molar-refractivity contribution is 7.91. The predicted octanol–water partition coefficient (Wildman–Crippen LogP) is 1.10. The highest BCUT2D eigenvalue weighted by Crippen LogP contribution is 2.17. The van der Waals surface area contributed by atoms with E-state index in [1.54, 1.807) is 18.3 Å². The van der Waals surface area contributed by atoms with Crippen LogP contribution in [0.15, 0.2) is 42.7 Å². The molecule has 1 aromatic heterocycles. The maximum Gasteiger partial charge on any atom is 0.251 e. The molecule has 0 aliphatic carbocycles. The summed E-state index contributed by atoms with van der Waals surface area (Å²) >= 11 is 0. The molecular formula is C16H19N3O3S. The summed E-state index contributed by atoms with van der Waals surface area (Å²) in [5, 5.41) is 6.97. The summed E-state index contributed by atoms with van der Waals surface area (Å²) < 4.78 is 24.6. The van der Waals surface area contributed by atoms with E-state index in [1.807, 2.05) is 29.1 Å². The molecule has 3 rings (SSSR count). The van der Waals surface area contributed by atoms with E-state index < -0.39 is 9.84 Å². The molecule has 1 unspecified atom stereocenters. The minimum Gasteiger partial charge on any atom is -0.352 e. The second-order valence-corrected chi connectivity index (χ2v) is 8.11. The normalized spacial score (nSPS) is 19.6. The second kappa shape index (κ2) is 6.54. The zero-order chi connectivity index (χ0) is 16.3. The number of hydrogen-bond donors (Lipinski definition) is 1. The molecular weight excluding hydrogens is 314 g/mol. The Morgan fingerprint density at radius 1 is 1.30 bits per heavy atom. The lowest BCUT2D eigenvalue weighted by Crippen LogP contribution is -2.29. The lowest BCUT2D eigenvalue weighted by Gasteiger charge is -2.10. The zero-order valence-corrected chi connectivity index (χ0v) is 13.5. The topological polar surface area (TPSA) is 81.1 Å². The van der Waals surface area contributed by atoms with Gasteiger partial charge in [-0.1, -0.05) is 12.1 Å². The molecule has 7 heteroatoms. The smallest absolute Gasteiger partial charge is 0.251 e. The van der Waals surface area contributed by atoms with Crippen molar-refractivity contribution in [2.45, 2.75) is 13.0 Å². The van der Waals surface area contributed by atoms with Crippen molar-refractivity contribution >= 4 is 15.7 Å². The van der Waals surface area contributed by atoms with Gasteiger partial charge in [-0.3, -0.25) is 9.48 Å². The molecule has 1 aliphatic rings. The van der Waals surface area contributed by atoms with Gasteiger partial charge in [0.25, 0.3) is 5.91 Å². The van der Waals surface area contributed by atoms with Gasteiger partial charge >= 0.3 is 0 Å². The summed E-state index contributed by atoms with van der Waals surface area (Å²) in [6.45, 7) is 1.07. The van der Waals surface area contributed by atoms with Crippen LogP contribution >= 0.6 is 0 Å². The van der Waals surface area contributed by atoms with Crippen molar-refractivity contribution in [3.05, 3.63) is 53.9 Å². The molecule has 122 valence electrons. The molecule has 1 N–H and O–H groups in total.